The second-order valence-electron chi connectivity index (χ2n) is 6.72. The molecule has 1 saturated heterocycles. The lowest BCUT2D eigenvalue weighted by Crippen LogP contribution is -2.50. The van der Waals surface area contributed by atoms with E-state index in [0.29, 0.717) is 30.1 Å². The first kappa shape index (κ1) is 19.4. The van der Waals surface area contributed by atoms with Gasteiger partial charge in [-0.25, -0.2) is 8.42 Å². The van der Waals surface area contributed by atoms with E-state index in [1.807, 2.05) is 13.8 Å². The van der Waals surface area contributed by atoms with Gasteiger partial charge in [-0.05, 0) is 50.1 Å². The number of carbonyl (C=O) groups excluding carboxylic acids is 1. The summed E-state index contributed by atoms with van der Waals surface area (Å²) in [6.07, 6.45) is 0. The maximum atomic E-state index is 13.1. The fourth-order valence-electron chi connectivity index (χ4n) is 3.22. The fraction of sp³-hybridized carbons (Fsp3) is 0.444. The molecule has 2 aromatic rings. The van der Waals surface area contributed by atoms with E-state index in [1.54, 1.807) is 37.1 Å². The maximum Gasteiger partial charge on any atom is 0.274 e. The molecule has 0 aliphatic carbocycles. The molecule has 1 aromatic heterocycles. The van der Waals surface area contributed by atoms with Gasteiger partial charge in [0.15, 0.2) is 0 Å². The summed E-state index contributed by atoms with van der Waals surface area (Å²) in [5.74, 6) is 0.476. The summed E-state index contributed by atoms with van der Waals surface area (Å²) in [4.78, 5) is 14.4. The quantitative estimate of drug-likeness (QED) is 0.851. The largest absolute Gasteiger partial charge is 0.496 e. The van der Waals surface area contributed by atoms with Crippen molar-refractivity contribution in [3.63, 3.8) is 0 Å². The number of rotatable bonds is 4. The van der Waals surface area contributed by atoms with Gasteiger partial charge in [-0.1, -0.05) is 0 Å². The van der Waals surface area contributed by atoms with Crippen molar-refractivity contribution in [1.82, 2.24) is 19.4 Å². The van der Waals surface area contributed by atoms with Crippen LogP contribution in [0.3, 0.4) is 0 Å². The molecule has 146 valence electrons. The highest BCUT2D eigenvalue weighted by atomic mass is 32.2. The molecule has 1 aliphatic heterocycles. The number of hydrogen-bond acceptors (Lipinski definition) is 5. The predicted octanol–water partition coefficient (Wildman–Crippen LogP) is 1.49. The van der Waals surface area contributed by atoms with Crippen LogP contribution in [0.1, 0.15) is 27.3 Å². The number of H-pyrrole nitrogens is 1. The first-order chi connectivity index (χ1) is 12.7. The number of methoxy groups -OCH3 is 1. The number of hydrogen-bond donors (Lipinski definition) is 1. The van der Waals surface area contributed by atoms with E-state index in [1.165, 1.54) is 4.31 Å². The van der Waals surface area contributed by atoms with E-state index in [2.05, 4.69) is 10.2 Å². The van der Waals surface area contributed by atoms with Crippen molar-refractivity contribution in [2.24, 2.45) is 0 Å². The summed E-state index contributed by atoms with van der Waals surface area (Å²) in [5, 5.41) is 6.73. The smallest absolute Gasteiger partial charge is 0.274 e. The number of aromatic amines is 1. The van der Waals surface area contributed by atoms with Crippen molar-refractivity contribution in [1.29, 1.82) is 0 Å². The number of amides is 1. The highest BCUT2D eigenvalue weighted by Gasteiger charge is 2.32. The van der Waals surface area contributed by atoms with Crippen LogP contribution >= 0.6 is 0 Å². The fourth-order valence-corrected chi connectivity index (χ4v) is 4.93. The van der Waals surface area contributed by atoms with Crippen LogP contribution in [0.15, 0.2) is 23.1 Å². The highest BCUT2D eigenvalue weighted by Crippen LogP contribution is 2.28. The summed E-state index contributed by atoms with van der Waals surface area (Å²) in [6.45, 7) is 6.57. The minimum atomic E-state index is -3.63. The van der Waals surface area contributed by atoms with Gasteiger partial charge in [0, 0.05) is 31.9 Å². The molecule has 1 aromatic carbocycles. The van der Waals surface area contributed by atoms with E-state index >= 15 is 0 Å². The molecular weight excluding hydrogens is 368 g/mol. The normalized spacial score (nSPS) is 15.8. The average Bonchev–Trinajstić information content (AvgIpc) is 3.09. The van der Waals surface area contributed by atoms with Crippen molar-refractivity contribution in [3.8, 4) is 5.75 Å². The van der Waals surface area contributed by atoms with Gasteiger partial charge >= 0.3 is 0 Å². The van der Waals surface area contributed by atoms with Gasteiger partial charge < -0.3 is 9.64 Å². The Morgan fingerprint density at radius 3 is 2.30 bits per heavy atom. The molecule has 0 radical (unpaired) electrons. The molecule has 27 heavy (non-hydrogen) atoms. The third-order valence-corrected chi connectivity index (χ3v) is 6.80. The van der Waals surface area contributed by atoms with E-state index in [9.17, 15) is 13.2 Å². The summed E-state index contributed by atoms with van der Waals surface area (Å²) in [7, 11) is -2.07. The second kappa shape index (κ2) is 7.32. The molecule has 1 aliphatic rings. The summed E-state index contributed by atoms with van der Waals surface area (Å²) in [6, 6.07) is 5.07. The second-order valence-corrected chi connectivity index (χ2v) is 8.63. The zero-order valence-corrected chi connectivity index (χ0v) is 16.8. The molecule has 3 rings (SSSR count). The molecule has 9 heteroatoms. The van der Waals surface area contributed by atoms with Gasteiger partial charge in [0.25, 0.3) is 5.91 Å². The number of aromatic nitrogens is 2. The van der Waals surface area contributed by atoms with Crippen LogP contribution in [0.5, 0.6) is 5.75 Å². The maximum absolute atomic E-state index is 13.1. The highest BCUT2D eigenvalue weighted by molar-refractivity contribution is 7.89. The molecule has 0 unspecified atom stereocenters. The number of sulfonamides is 1. The monoisotopic (exact) mass is 392 g/mol. The van der Waals surface area contributed by atoms with Gasteiger partial charge in [-0.3, -0.25) is 9.89 Å². The molecule has 1 amide bonds. The molecule has 0 bridgehead atoms. The van der Waals surface area contributed by atoms with Gasteiger partial charge in [0.05, 0.1) is 12.0 Å². The topological polar surface area (TPSA) is 95.6 Å². The van der Waals surface area contributed by atoms with Crippen molar-refractivity contribution in [2.75, 3.05) is 33.3 Å². The van der Waals surface area contributed by atoms with E-state index < -0.39 is 10.0 Å². The van der Waals surface area contributed by atoms with Gasteiger partial charge in [0.2, 0.25) is 10.0 Å². The minimum absolute atomic E-state index is 0.187. The molecule has 0 saturated carbocycles. The van der Waals surface area contributed by atoms with E-state index in [4.69, 9.17) is 4.74 Å². The molecule has 2 heterocycles. The number of nitrogens with zero attached hydrogens (tertiary/aromatic N) is 3. The van der Waals surface area contributed by atoms with E-state index in [-0.39, 0.29) is 23.9 Å². The lowest BCUT2D eigenvalue weighted by Gasteiger charge is -2.34. The Labute approximate surface area is 159 Å². The van der Waals surface area contributed by atoms with Gasteiger partial charge in [0.1, 0.15) is 11.4 Å². The number of benzene rings is 1. The van der Waals surface area contributed by atoms with Crippen LogP contribution in [0.25, 0.3) is 0 Å². The average molecular weight is 392 g/mol. The van der Waals surface area contributed by atoms with Crippen molar-refractivity contribution >= 4 is 15.9 Å². The SMILES string of the molecule is COc1cc(C)c(S(=O)(=O)N2CCN(C(=O)c3cc(C)[nH]n3)CC2)cc1C. The number of aryl methyl sites for hydroxylation is 3. The summed E-state index contributed by atoms with van der Waals surface area (Å²) >= 11 is 0. The number of ether oxygens (including phenoxy) is 1. The molecular formula is C18H24N4O4S. The Morgan fingerprint density at radius 2 is 1.74 bits per heavy atom. The Balaban J connectivity index is 1.75. The Morgan fingerprint density at radius 1 is 1.07 bits per heavy atom. The third kappa shape index (κ3) is 3.70. The van der Waals surface area contributed by atoms with Crippen molar-refractivity contribution in [3.05, 3.63) is 40.7 Å². The summed E-state index contributed by atoms with van der Waals surface area (Å²) in [5.41, 5.74) is 2.57. The van der Waals surface area contributed by atoms with Crippen LogP contribution in [-0.4, -0.2) is 67.0 Å². The zero-order chi connectivity index (χ0) is 19.8. The molecule has 1 N–H and O–H groups in total. The Hall–Kier alpha value is -2.39. The zero-order valence-electron chi connectivity index (χ0n) is 15.9. The molecule has 0 spiro atoms. The third-order valence-electron chi connectivity index (χ3n) is 4.76. The lowest BCUT2D eigenvalue weighted by atomic mass is 10.1. The van der Waals surface area contributed by atoms with Crippen LogP contribution in [-0.2, 0) is 10.0 Å². The van der Waals surface area contributed by atoms with Crippen molar-refractivity contribution in [2.45, 2.75) is 25.7 Å². The lowest BCUT2D eigenvalue weighted by molar-refractivity contribution is 0.0692. The van der Waals surface area contributed by atoms with Crippen LogP contribution < -0.4 is 4.74 Å². The minimum Gasteiger partial charge on any atom is -0.496 e. The number of carbonyl (C=O) groups is 1. The summed E-state index contributed by atoms with van der Waals surface area (Å²) < 4.78 is 32.8. The Kier molecular flexibility index (Phi) is 5.25. The first-order valence-corrected chi connectivity index (χ1v) is 10.1. The van der Waals surface area contributed by atoms with Crippen LogP contribution in [0.2, 0.25) is 0 Å². The van der Waals surface area contributed by atoms with Gasteiger partial charge in [-0.15, -0.1) is 0 Å². The van der Waals surface area contributed by atoms with Crippen molar-refractivity contribution < 1.29 is 17.9 Å². The predicted molar refractivity (Wildman–Crippen MR) is 100 cm³/mol. The first-order valence-electron chi connectivity index (χ1n) is 8.70. The van der Waals surface area contributed by atoms with Gasteiger partial charge in [-0.2, -0.15) is 9.40 Å². The van der Waals surface area contributed by atoms with Crippen LogP contribution in [0, 0.1) is 20.8 Å². The number of piperazine rings is 1. The molecule has 0 atom stereocenters. The molecule has 8 nitrogen and oxygen atoms in total. The van der Waals surface area contributed by atoms with E-state index in [0.717, 1.165) is 11.3 Å². The van der Waals surface area contributed by atoms with Crippen LogP contribution in [0.4, 0.5) is 0 Å². The number of nitrogens with one attached hydrogen (secondary N) is 1. The standard InChI is InChI=1S/C18H24N4O4S/c1-12-10-17(13(2)9-16(12)26-4)27(24,25)22-7-5-21(6-8-22)18(23)15-11-14(3)19-20-15/h9-11H,5-8H2,1-4H3,(H,19,20). The molecule has 1 fully saturated rings. The Bertz CT molecular complexity index is 960.